The Balaban J connectivity index is 1.35. The summed E-state index contributed by atoms with van der Waals surface area (Å²) in [7, 11) is 7.53. The fourth-order valence-corrected chi connectivity index (χ4v) is 6.67. The van der Waals surface area contributed by atoms with E-state index in [1.54, 1.807) is 55.6 Å². The van der Waals surface area contributed by atoms with Crippen molar-refractivity contribution >= 4 is 28.9 Å². The van der Waals surface area contributed by atoms with Gasteiger partial charge in [-0.2, -0.15) is 0 Å². The molecule has 2 aliphatic heterocycles. The summed E-state index contributed by atoms with van der Waals surface area (Å²) in [6.45, 7) is 1.95. The van der Waals surface area contributed by atoms with Crippen LogP contribution in [-0.4, -0.2) is 65.0 Å². The lowest BCUT2D eigenvalue weighted by Gasteiger charge is -2.44. The second kappa shape index (κ2) is 13.6. The highest BCUT2D eigenvalue weighted by atomic mass is 16.5. The quantitative estimate of drug-likeness (QED) is 0.242. The Morgan fingerprint density at radius 3 is 2.08 bits per heavy atom. The van der Waals surface area contributed by atoms with Crippen LogP contribution in [0.25, 0.3) is 0 Å². The Hall–Kier alpha value is -5.65. The summed E-state index contributed by atoms with van der Waals surface area (Å²) in [4.78, 5) is 42.2. The lowest BCUT2D eigenvalue weighted by atomic mass is 9.83. The molecule has 2 aliphatic rings. The maximum Gasteiger partial charge on any atom is 0.255 e. The molecule has 250 valence electrons. The molecule has 2 unspecified atom stereocenters. The first kappa shape index (κ1) is 32.3. The van der Waals surface area contributed by atoms with Gasteiger partial charge >= 0.3 is 0 Å². The van der Waals surface area contributed by atoms with Crippen LogP contribution in [-0.2, 0) is 6.54 Å². The molecule has 48 heavy (non-hydrogen) atoms. The maximum atomic E-state index is 13.8. The summed E-state index contributed by atoms with van der Waals surface area (Å²) in [5.41, 5.74) is 3.37. The van der Waals surface area contributed by atoms with Crippen molar-refractivity contribution in [2.24, 2.45) is 5.92 Å². The molecule has 6 rings (SSSR count). The highest BCUT2D eigenvalue weighted by molar-refractivity contribution is 6.09. The highest BCUT2D eigenvalue weighted by Gasteiger charge is 2.35. The van der Waals surface area contributed by atoms with E-state index < -0.39 is 5.91 Å². The van der Waals surface area contributed by atoms with Crippen LogP contribution in [0.5, 0.6) is 28.7 Å². The molecular weight excluding hydrogens is 616 g/mol. The number of ether oxygens (including phenoxy) is 5. The molecule has 4 aromatic rings. The van der Waals surface area contributed by atoms with Crippen molar-refractivity contribution in [2.75, 3.05) is 64.2 Å². The Morgan fingerprint density at radius 2 is 1.40 bits per heavy atom. The van der Waals surface area contributed by atoms with Gasteiger partial charge in [0.2, 0.25) is 5.75 Å². The molecule has 2 N–H and O–H groups in total. The molecule has 1 saturated heterocycles. The van der Waals surface area contributed by atoms with Gasteiger partial charge in [0.15, 0.2) is 23.0 Å². The number of benzene rings is 3. The van der Waals surface area contributed by atoms with Gasteiger partial charge < -0.3 is 43.8 Å². The third-order valence-electron chi connectivity index (χ3n) is 8.90. The second-order valence-electron chi connectivity index (χ2n) is 11.7. The second-order valence-corrected chi connectivity index (χ2v) is 11.7. The third kappa shape index (κ3) is 6.20. The van der Waals surface area contributed by atoms with Crippen molar-refractivity contribution in [1.82, 2.24) is 4.57 Å². The molecule has 3 aromatic carbocycles. The molecule has 2 amide bonds. The minimum atomic E-state index is -0.429. The predicted molar refractivity (Wildman–Crippen MR) is 182 cm³/mol. The number of carbonyl (C=O) groups excluding carboxylic acids is 2. The minimum Gasteiger partial charge on any atom is -0.493 e. The summed E-state index contributed by atoms with van der Waals surface area (Å²) in [6.07, 6.45) is 0.971. The minimum absolute atomic E-state index is 0.0128. The fraction of sp³-hybridized carbons (Fsp3) is 0.306. The molecule has 12 nitrogen and oxygen atoms in total. The molecule has 0 saturated carbocycles. The molecule has 0 aliphatic carbocycles. The van der Waals surface area contributed by atoms with E-state index in [9.17, 15) is 14.4 Å². The third-order valence-corrected chi connectivity index (χ3v) is 8.90. The number of aromatic nitrogens is 1. The summed E-state index contributed by atoms with van der Waals surface area (Å²) < 4.78 is 28.9. The molecular formula is C36H38N4O8. The smallest absolute Gasteiger partial charge is 0.255 e. The number of nitrogens with zero attached hydrogens (tertiary/aromatic N) is 2. The maximum absolute atomic E-state index is 13.8. The van der Waals surface area contributed by atoms with Gasteiger partial charge in [-0.1, -0.05) is 6.07 Å². The number of hydrogen-bond donors (Lipinski definition) is 2. The number of anilines is 3. The normalized spacial score (nSPS) is 16.3. The lowest BCUT2D eigenvalue weighted by Crippen LogP contribution is -2.47. The predicted octanol–water partition coefficient (Wildman–Crippen LogP) is 5.02. The number of methoxy groups -OCH3 is 5. The van der Waals surface area contributed by atoms with Crippen LogP contribution in [0.4, 0.5) is 17.1 Å². The highest BCUT2D eigenvalue weighted by Crippen LogP contribution is 2.41. The molecule has 0 spiro atoms. The van der Waals surface area contributed by atoms with E-state index in [2.05, 4.69) is 15.5 Å². The van der Waals surface area contributed by atoms with Crippen LogP contribution in [0.3, 0.4) is 0 Å². The van der Waals surface area contributed by atoms with E-state index >= 15 is 0 Å². The van der Waals surface area contributed by atoms with Crippen LogP contribution in [0.1, 0.15) is 38.7 Å². The lowest BCUT2D eigenvalue weighted by molar-refractivity contribution is 0.101. The number of hydrogen-bond acceptors (Lipinski definition) is 9. The van der Waals surface area contributed by atoms with Crippen molar-refractivity contribution in [3.63, 3.8) is 0 Å². The van der Waals surface area contributed by atoms with E-state index in [1.165, 1.54) is 28.4 Å². The number of amides is 2. The van der Waals surface area contributed by atoms with Gasteiger partial charge in [-0.15, -0.1) is 0 Å². The number of fused-ring (bicyclic) bond motifs is 4. The number of piperidine rings is 1. The standard InChI is InChI=1S/C36H38N4O8/c1-44-29-12-10-25(17-30(29)45-2)37-35(42)22-9-11-28(39-18-21-13-24(20-39)27-7-6-8-33(41)40(27)19-21)26(14-22)38-36(43)23-15-31(46-3)34(48-5)32(16-23)47-4/h6-12,14-17,21,24H,13,18-20H2,1-5H3,(H,37,42)(H,38,43). The van der Waals surface area contributed by atoms with Crippen LogP contribution in [0, 0.1) is 5.92 Å². The zero-order chi connectivity index (χ0) is 33.9. The summed E-state index contributed by atoms with van der Waals surface area (Å²) in [6, 6.07) is 18.9. The average molecular weight is 655 g/mol. The Bertz CT molecular complexity index is 1900. The van der Waals surface area contributed by atoms with Gasteiger partial charge in [0, 0.05) is 60.2 Å². The first-order valence-electron chi connectivity index (χ1n) is 15.5. The van der Waals surface area contributed by atoms with Gasteiger partial charge in [-0.3, -0.25) is 14.4 Å². The molecule has 3 heterocycles. The Morgan fingerprint density at radius 1 is 0.688 bits per heavy atom. The number of carbonyl (C=O) groups is 2. The number of pyridine rings is 1. The SMILES string of the molecule is COc1ccc(NC(=O)c2ccc(N3CC4CC(C3)c3cccc(=O)n3C4)c(NC(=O)c3cc(OC)c(OC)c(OC)c3)c2)cc1OC. The summed E-state index contributed by atoms with van der Waals surface area (Å²) >= 11 is 0. The van der Waals surface area contributed by atoms with Crippen molar-refractivity contribution in [2.45, 2.75) is 18.9 Å². The fourth-order valence-electron chi connectivity index (χ4n) is 6.67. The van der Waals surface area contributed by atoms with E-state index in [1.807, 2.05) is 22.8 Å². The zero-order valence-electron chi connectivity index (χ0n) is 27.5. The Kier molecular flexibility index (Phi) is 9.15. The summed E-state index contributed by atoms with van der Waals surface area (Å²) in [5, 5.41) is 5.95. The molecule has 1 fully saturated rings. The number of rotatable bonds is 10. The molecule has 1 aromatic heterocycles. The van der Waals surface area contributed by atoms with E-state index in [0.717, 1.165) is 17.8 Å². The topological polar surface area (TPSA) is 130 Å². The molecule has 2 bridgehead atoms. The van der Waals surface area contributed by atoms with Crippen molar-refractivity contribution in [1.29, 1.82) is 0 Å². The van der Waals surface area contributed by atoms with E-state index in [0.29, 0.717) is 65.3 Å². The van der Waals surface area contributed by atoms with Crippen molar-refractivity contribution in [3.8, 4) is 28.7 Å². The number of nitrogens with one attached hydrogen (secondary N) is 2. The van der Waals surface area contributed by atoms with Gasteiger partial charge in [0.25, 0.3) is 17.4 Å². The average Bonchev–Trinajstić information content (AvgIpc) is 3.11. The van der Waals surface area contributed by atoms with Crippen molar-refractivity contribution in [3.05, 3.63) is 93.9 Å². The van der Waals surface area contributed by atoms with Crippen LogP contribution < -0.4 is 44.8 Å². The Labute approximate surface area is 278 Å². The molecule has 0 radical (unpaired) electrons. The first-order valence-corrected chi connectivity index (χ1v) is 15.5. The first-order chi connectivity index (χ1) is 23.3. The summed E-state index contributed by atoms with van der Waals surface area (Å²) in [5.74, 6) is 1.62. The van der Waals surface area contributed by atoms with Gasteiger partial charge in [0.1, 0.15) is 0 Å². The zero-order valence-corrected chi connectivity index (χ0v) is 27.5. The van der Waals surface area contributed by atoms with Gasteiger partial charge in [0.05, 0.1) is 46.9 Å². The van der Waals surface area contributed by atoms with Crippen LogP contribution >= 0.6 is 0 Å². The van der Waals surface area contributed by atoms with Crippen LogP contribution in [0.2, 0.25) is 0 Å². The largest absolute Gasteiger partial charge is 0.493 e. The van der Waals surface area contributed by atoms with Crippen molar-refractivity contribution < 1.29 is 33.3 Å². The molecule has 2 atom stereocenters. The monoisotopic (exact) mass is 654 g/mol. The van der Waals surface area contributed by atoms with Gasteiger partial charge in [-0.05, 0) is 60.9 Å². The van der Waals surface area contributed by atoms with Gasteiger partial charge in [-0.25, -0.2) is 0 Å². The molecule has 12 heteroatoms. The van der Waals surface area contributed by atoms with Crippen LogP contribution in [0.15, 0.2) is 71.5 Å². The van der Waals surface area contributed by atoms with E-state index in [4.69, 9.17) is 23.7 Å². The van der Waals surface area contributed by atoms with E-state index in [-0.39, 0.29) is 28.9 Å².